The fourth-order valence-electron chi connectivity index (χ4n) is 5.03. The Morgan fingerprint density at radius 1 is 0.895 bits per heavy atom. The monoisotopic (exact) mass is 530 g/mol. The molecule has 0 radical (unpaired) electrons. The Hall–Kier alpha value is -4.09. The molecule has 1 fully saturated rings. The van der Waals surface area contributed by atoms with E-state index in [1.54, 1.807) is 12.3 Å². The minimum atomic E-state index is -0.398. The highest BCUT2D eigenvalue weighted by Crippen LogP contribution is 2.33. The SMILES string of the molecule is Fc1ccc(Cl)cc1-c1n[nH]cc1-c1ccc2ncc(N3CCn4nc(N5CCNCC5)nc4C3)cc2n1. The first-order valence-corrected chi connectivity index (χ1v) is 12.9. The van der Waals surface area contributed by atoms with E-state index < -0.39 is 5.82 Å². The van der Waals surface area contributed by atoms with E-state index in [0.29, 0.717) is 34.1 Å². The Labute approximate surface area is 222 Å². The molecule has 1 saturated heterocycles. The molecule has 1 aromatic carbocycles. The second kappa shape index (κ2) is 9.34. The van der Waals surface area contributed by atoms with Gasteiger partial charge in [0.1, 0.15) is 17.3 Å². The van der Waals surface area contributed by atoms with Crippen LogP contribution in [0.4, 0.5) is 16.0 Å². The molecule has 0 atom stereocenters. The second-order valence-electron chi connectivity index (χ2n) is 9.41. The van der Waals surface area contributed by atoms with Crippen molar-refractivity contribution < 1.29 is 4.39 Å². The molecule has 6 heterocycles. The average Bonchev–Trinajstić information content (AvgIpc) is 3.61. The summed E-state index contributed by atoms with van der Waals surface area (Å²) in [5.41, 5.74) is 4.61. The lowest BCUT2D eigenvalue weighted by molar-refractivity contribution is 0.510. The Morgan fingerprint density at radius 2 is 1.79 bits per heavy atom. The van der Waals surface area contributed by atoms with Crippen LogP contribution < -0.4 is 15.1 Å². The summed E-state index contributed by atoms with van der Waals surface area (Å²) in [6, 6.07) is 10.2. The predicted molar refractivity (Wildman–Crippen MR) is 144 cm³/mol. The lowest BCUT2D eigenvalue weighted by atomic mass is 10.0. The van der Waals surface area contributed by atoms with E-state index in [0.717, 1.165) is 67.8 Å². The quantitative estimate of drug-likeness (QED) is 0.364. The average molecular weight is 531 g/mol. The summed E-state index contributed by atoms with van der Waals surface area (Å²) in [6.45, 7) is 5.92. The summed E-state index contributed by atoms with van der Waals surface area (Å²) in [4.78, 5) is 18.8. The van der Waals surface area contributed by atoms with Crippen LogP contribution in [0.5, 0.6) is 0 Å². The van der Waals surface area contributed by atoms with E-state index in [1.807, 2.05) is 29.1 Å². The number of hydrogen-bond donors (Lipinski definition) is 2. The van der Waals surface area contributed by atoms with Gasteiger partial charge in [0.15, 0.2) is 0 Å². The molecule has 10 nitrogen and oxygen atoms in total. The number of H-pyrrole nitrogens is 1. The van der Waals surface area contributed by atoms with E-state index in [4.69, 9.17) is 26.7 Å². The van der Waals surface area contributed by atoms with Crippen LogP contribution in [0, 0.1) is 5.82 Å². The number of rotatable bonds is 4. The molecule has 38 heavy (non-hydrogen) atoms. The highest BCUT2D eigenvalue weighted by atomic mass is 35.5. The third-order valence-corrected chi connectivity index (χ3v) is 7.27. The third-order valence-electron chi connectivity index (χ3n) is 7.04. The summed E-state index contributed by atoms with van der Waals surface area (Å²) in [5, 5.41) is 15.7. The Bertz CT molecular complexity index is 1640. The van der Waals surface area contributed by atoms with Crippen molar-refractivity contribution in [1.82, 2.24) is 40.2 Å². The van der Waals surface area contributed by atoms with E-state index in [2.05, 4.69) is 30.3 Å². The smallest absolute Gasteiger partial charge is 0.245 e. The van der Waals surface area contributed by atoms with Gasteiger partial charge in [0.2, 0.25) is 5.95 Å². The highest BCUT2D eigenvalue weighted by Gasteiger charge is 2.24. The summed E-state index contributed by atoms with van der Waals surface area (Å²) in [6.07, 6.45) is 3.59. The molecule has 7 rings (SSSR count). The molecule has 4 aromatic heterocycles. The lowest BCUT2D eigenvalue weighted by Crippen LogP contribution is -2.44. The maximum Gasteiger partial charge on any atom is 0.245 e. The van der Waals surface area contributed by atoms with E-state index in [-0.39, 0.29) is 0 Å². The number of nitrogens with zero attached hydrogens (tertiary/aromatic N) is 8. The second-order valence-corrected chi connectivity index (χ2v) is 9.85. The summed E-state index contributed by atoms with van der Waals surface area (Å²) < 4.78 is 16.6. The molecule has 0 spiro atoms. The Morgan fingerprint density at radius 3 is 2.68 bits per heavy atom. The molecule has 5 aromatic rings. The number of piperazine rings is 1. The van der Waals surface area contributed by atoms with Crippen molar-refractivity contribution in [3.8, 4) is 22.5 Å². The lowest BCUT2D eigenvalue weighted by Gasteiger charge is -2.28. The number of nitrogens with one attached hydrogen (secondary N) is 2. The number of fused-ring (bicyclic) bond motifs is 2. The van der Waals surface area contributed by atoms with Crippen molar-refractivity contribution >= 4 is 34.3 Å². The summed E-state index contributed by atoms with van der Waals surface area (Å²) in [5.74, 6) is 1.35. The van der Waals surface area contributed by atoms with Crippen LogP contribution in [-0.4, -0.2) is 67.7 Å². The van der Waals surface area contributed by atoms with Crippen LogP contribution in [-0.2, 0) is 13.1 Å². The Balaban J connectivity index is 1.18. The van der Waals surface area contributed by atoms with Crippen molar-refractivity contribution in [3.63, 3.8) is 0 Å². The number of benzene rings is 1. The number of pyridine rings is 2. The molecule has 0 saturated carbocycles. The van der Waals surface area contributed by atoms with Crippen LogP contribution in [0.2, 0.25) is 5.02 Å². The topological polar surface area (TPSA) is 104 Å². The number of hydrogen-bond acceptors (Lipinski definition) is 8. The van der Waals surface area contributed by atoms with E-state index >= 15 is 0 Å². The first-order valence-electron chi connectivity index (χ1n) is 12.5. The van der Waals surface area contributed by atoms with Gasteiger partial charge in [-0.1, -0.05) is 11.6 Å². The Kier molecular flexibility index (Phi) is 5.67. The van der Waals surface area contributed by atoms with Crippen LogP contribution in [0.25, 0.3) is 33.5 Å². The van der Waals surface area contributed by atoms with E-state index in [9.17, 15) is 4.39 Å². The van der Waals surface area contributed by atoms with Gasteiger partial charge in [-0.25, -0.2) is 14.1 Å². The zero-order valence-electron chi connectivity index (χ0n) is 20.4. The van der Waals surface area contributed by atoms with Crippen LogP contribution in [0.1, 0.15) is 5.82 Å². The van der Waals surface area contributed by atoms with Crippen LogP contribution >= 0.6 is 11.6 Å². The number of halogens is 2. The maximum atomic E-state index is 14.6. The number of aromatic nitrogens is 7. The molecule has 12 heteroatoms. The van der Waals surface area contributed by atoms with Gasteiger partial charge >= 0.3 is 0 Å². The zero-order valence-corrected chi connectivity index (χ0v) is 21.2. The molecular formula is C26H24ClFN10. The molecule has 2 aliphatic heterocycles. The summed E-state index contributed by atoms with van der Waals surface area (Å²) in [7, 11) is 0. The van der Waals surface area contributed by atoms with Crippen molar-refractivity contribution in [2.45, 2.75) is 13.1 Å². The molecular weight excluding hydrogens is 507 g/mol. The molecule has 0 unspecified atom stereocenters. The van der Waals surface area contributed by atoms with Gasteiger partial charge < -0.3 is 15.1 Å². The van der Waals surface area contributed by atoms with Gasteiger partial charge in [-0.2, -0.15) is 10.1 Å². The molecule has 2 aliphatic rings. The first kappa shape index (κ1) is 23.1. The van der Waals surface area contributed by atoms with Gasteiger partial charge in [-0.15, -0.1) is 5.10 Å². The van der Waals surface area contributed by atoms with Crippen molar-refractivity contribution in [2.24, 2.45) is 0 Å². The van der Waals surface area contributed by atoms with Gasteiger partial charge in [-0.05, 0) is 36.4 Å². The standard InChI is InChI=1S/C26H24ClFN10/c27-16-1-2-20(28)18(11-16)25-19(14-31-34-25)21-3-4-22-23(32-21)12-17(13-30-22)37-9-10-38-24(15-37)33-26(35-38)36-7-5-29-6-8-36/h1-4,11-14,29H,5-10,15H2,(H,31,34). The molecule has 2 N–H and O–H groups in total. The van der Waals surface area contributed by atoms with Gasteiger partial charge in [0.25, 0.3) is 0 Å². The highest BCUT2D eigenvalue weighted by molar-refractivity contribution is 6.30. The van der Waals surface area contributed by atoms with Crippen molar-refractivity contribution in [3.05, 3.63) is 65.5 Å². The van der Waals surface area contributed by atoms with Gasteiger partial charge in [0.05, 0.1) is 41.7 Å². The molecule has 0 aliphatic carbocycles. The van der Waals surface area contributed by atoms with Crippen LogP contribution in [0.15, 0.2) is 48.8 Å². The summed E-state index contributed by atoms with van der Waals surface area (Å²) >= 11 is 6.13. The first-order chi connectivity index (χ1) is 18.6. The van der Waals surface area contributed by atoms with Gasteiger partial charge in [-0.3, -0.25) is 10.1 Å². The zero-order chi connectivity index (χ0) is 25.6. The normalized spacial score (nSPS) is 15.7. The maximum absolute atomic E-state index is 14.6. The number of anilines is 2. The molecule has 192 valence electrons. The molecule has 0 amide bonds. The fourth-order valence-corrected chi connectivity index (χ4v) is 5.20. The van der Waals surface area contributed by atoms with Crippen molar-refractivity contribution in [1.29, 1.82) is 0 Å². The largest absolute Gasteiger partial charge is 0.361 e. The third kappa shape index (κ3) is 4.13. The molecule has 0 bridgehead atoms. The van der Waals surface area contributed by atoms with Crippen molar-refractivity contribution in [2.75, 3.05) is 42.5 Å². The minimum absolute atomic E-state index is 0.320. The number of aromatic amines is 1. The van der Waals surface area contributed by atoms with Crippen LogP contribution in [0.3, 0.4) is 0 Å². The predicted octanol–water partition coefficient (Wildman–Crippen LogP) is 3.50. The van der Waals surface area contributed by atoms with E-state index in [1.165, 1.54) is 12.1 Å². The fraction of sp³-hybridized carbons (Fsp3) is 0.269. The van der Waals surface area contributed by atoms with Gasteiger partial charge in [0, 0.05) is 55.1 Å². The minimum Gasteiger partial charge on any atom is -0.361 e.